The maximum Gasteiger partial charge on any atom is 0.0741 e. The summed E-state index contributed by atoms with van der Waals surface area (Å²) in [5, 5.41) is 3.37. The van der Waals surface area contributed by atoms with Crippen LogP contribution >= 0.6 is 0 Å². The quantitative estimate of drug-likeness (QED) is 0.762. The molecule has 2 heteroatoms. The molecule has 0 amide bonds. The van der Waals surface area contributed by atoms with Crippen LogP contribution in [0.15, 0.2) is 24.3 Å². The molecular weight excluding hydrogens is 234 g/mol. The molecule has 0 heterocycles. The van der Waals surface area contributed by atoms with E-state index in [4.69, 9.17) is 4.74 Å². The van der Waals surface area contributed by atoms with Gasteiger partial charge in [0.2, 0.25) is 0 Å². The first kappa shape index (κ1) is 16.2. The molecule has 2 nitrogen and oxygen atoms in total. The summed E-state index contributed by atoms with van der Waals surface area (Å²) in [6.07, 6.45) is 2.65. The van der Waals surface area contributed by atoms with Crippen molar-refractivity contribution in [3.8, 4) is 0 Å². The van der Waals surface area contributed by atoms with Crippen LogP contribution in [0, 0.1) is 12.8 Å². The van der Waals surface area contributed by atoms with Gasteiger partial charge in [0.05, 0.1) is 12.1 Å². The zero-order valence-electron chi connectivity index (χ0n) is 13.1. The monoisotopic (exact) mass is 263 g/mol. The molecule has 0 radical (unpaired) electrons. The Morgan fingerprint density at radius 3 is 2.32 bits per heavy atom. The van der Waals surface area contributed by atoms with Crippen LogP contribution in [0.25, 0.3) is 0 Å². The second kappa shape index (κ2) is 8.34. The molecule has 0 aliphatic heterocycles. The summed E-state index contributed by atoms with van der Waals surface area (Å²) in [6.45, 7) is 9.60. The van der Waals surface area contributed by atoms with Crippen LogP contribution in [0.3, 0.4) is 0 Å². The number of benzene rings is 1. The lowest BCUT2D eigenvalue weighted by Crippen LogP contribution is -2.30. The van der Waals surface area contributed by atoms with Crippen LogP contribution in [-0.2, 0) is 4.74 Å². The number of nitrogens with one attached hydrogen (secondary N) is 1. The molecule has 1 aromatic rings. The Morgan fingerprint density at radius 2 is 1.79 bits per heavy atom. The summed E-state index contributed by atoms with van der Waals surface area (Å²) in [7, 11) is 2.00. The van der Waals surface area contributed by atoms with Crippen molar-refractivity contribution in [1.29, 1.82) is 0 Å². The summed E-state index contributed by atoms with van der Waals surface area (Å²) in [4.78, 5) is 0. The molecule has 0 fully saturated rings. The van der Waals surface area contributed by atoms with Crippen molar-refractivity contribution < 1.29 is 4.74 Å². The van der Waals surface area contributed by atoms with E-state index in [2.05, 4.69) is 57.3 Å². The van der Waals surface area contributed by atoms with Crippen LogP contribution in [0.1, 0.15) is 50.8 Å². The van der Waals surface area contributed by atoms with Gasteiger partial charge in [0, 0.05) is 6.61 Å². The van der Waals surface area contributed by atoms with Gasteiger partial charge in [-0.1, -0.05) is 50.1 Å². The molecule has 0 saturated heterocycles. The summed E-state index contributed by atoms with van der Waals surface area (Å²) >= 11 is 0. The first-order valence-corrected chi connectivity index (χ1v) is 7.43. The SMILES string of the molecule is CCCC(C)COC(C)C(NC)c1ccc(C)cc1. The summed E-state index contributed by atoms with van der Waals surface area (Å²) in [6, 6.07) is 8.95. The molecule has 3 unspecified atom stereocenters. The fourth-order valence-electron chi connectivity index (χ4n) is 2.43. The average Bonchev–Trinajstić information content (AvgIpc) is 2.40. The molecule has 1 aromatic carbocycles. The molecule has 0 aliphatic rings. The van der Waals surface area contributed by atoms with Crippen LogP contribution in [0.4, 0.5) is 0 Å². The Labute approximate surface area is 118 Å². The van der Waals surface area contributed by atoms with Gasteiger partial charge in [0.15, 0.2) is 0 Å². The van der Waals surface area contributed by atoms with Gasteiger partial charge in [-0.25, -0.2) is 0 Å². The molecule has 0 bridgehead atoms. The van der Waals surface area contributed by atoms with Gasteiger partial charge in [-0.2, -0.15) is 0 Å². The number of likely N-dealkylation sites (N-methyl/N-ethyl adjacent to an activating group) is 1. The Balaban J connectivity index is 2.56. The molecule has 108 valence electrons. The predicted molar refractivity (Wildman–Crippen MR) is 82.5 cm³/mol. The van der Waals surface area contributed by atoms with Crippen molar-refractivity contribution in [2.75, 3.05) is 13.7 Å². The predicted octanol–water partition coefficient (Wildman–Crippen LogP) is 4.10. The Morgan fingerprint density at radius 1 is 1.16 bits per heavy atom. The Kier molecular flexibility index (Phi) is 7.11. The normalized spacial score (nSPS) is 16.1. The van der Waals surface area contributed by atoms with Crippen LogP contribution in [-0.4, -0.2) is 19.8 Å². The first-order valence-electron chi connectivity index (χ1n) is 7.43. The fraction of sp³-hybridized carbons (Fsp3) is 0.647. The molecule has 1 rings (SSSR count). The van der Waals surface area contributed by atoms with E-state index in [9.17, 15) is 0 Å². The van der Waals surface area contributed by atoms with E-state index in [0.29, 0.717) is 5.92 Å². The summed E-state index contributed by atoms with van der Waals surface area (Å²) in [5.74, 6) is 0.642. The second-order valence-corrected chi connectivity index (χ2v) is 5.61. The number of ether oxygens (including phenoxy) is 1. The highest BCUT2D eigenvalue weighted by atomic mass is 16.5. The number of aryl methyl sites for hydroxylation is 1. The lowest BCUT2D eigenvalue weighted by Gasteiger charge is -2.25. The van der Waals surface area contributed by atoms with E-state index in [-0.39, 0.29) is 12.1 Å². The molecule has 0 aromatic heterocycles. The largest absolute Gasteiger partial charge is 0.376 e. The zero-order chi connectivity index (χ0) is 14.3. The minimum Gasteiger partial charge on any atom is -0.376 e. The summed E-state index contributed by atoms with van der Waals surface area (Å²) in [5.41, 5.74) is 2.59. The summed E-state index contributed by atoms with van der Waals surface area (Å²) < 4.78 is 6.03. The maximum absolute atomic E-state index is 6.03. The number of hydrogen-bond donors (Lipinski definition) is 1. The van der Waals surface area contributed by atoms with Crippen molar-refractivity contribution in [3.05, 3.63) is 35.4 Å². The molecule has 0 aliphatic carbocycles. The van der Waals surface area contributed by atoms with E-state index in [0.717, 1.165) is 6.61 Å². The smallest absolute Gasteiger partial charge is 0.0741 e. The average molecular weight is 263 g/mol. The molecule has 1 N–H and O–H groups in total. The minimum absolute atomic E-state index is 0.187. The van der Waals surface area contributed by atoms with E-state index in [1.807, 2.05) is 7.05 Å². The highest BCUT2D eigenvalue weighted by Gasteiger charge is 2.18. The third-order valence-electron chi connectivity index (χ3n) is 3.64. The molecule has 0 spiro atoms. The van der Waals surface area contributed by atoms with E-state index < -0.39 is 0 Å². The Bertz CT molecular complexity index is 347. The van der Waals surface area contributed by atoms with Crippen LogP contribution in [0.5, 0.6) is 0 Å². The lowest BCUT2D eigenvalue weighted by molar-refractivity contribution is 0.0198. The first-order chi connectivity index (χ1) is 9.08. The molecule has 0 saturated carbocycles. The fourth-order valence-corrected chi connectivity index (χ4v) is 2.43. The van der Waals surface area contributed by atoms with Gasteiger partial charge in [-0.05, 0) is 38.8 Å². The maximum atomic E-state index is 6.03. The minimum atomic E-state index is 0.187. The highest BCUT2D eigenvalue weighted by molar-refractivity contribution is 5.24. The number of hydrogen-bond acceptors (Lipinski definition) is 2. The van der Waals surface area contributed by atoms with Crippen molar-refractivity contribution in [2.24, 2.45) is 5.92 Å². The number of rotatable bonds is 8. The van der Waals surface area contributed by atoms with Crippen molar-refractivity contribution >= 4 is 0 Å². The third-order valence-corrected chi connectivity index (χ3v) is 3.64. The second-order valence-electron chi connectivity index (χ2n) is 5.61. The van der Waals surface area contributed by atoms with Gasteiger partial charge in [0.1, 0.15) is 0 Å². The van der Waals surface area contributed by atoms with Crippen molar-refractivity contribution in [1.82, 2.24) is 5.32 Å². The van der Waals surface area contributed by atoms with Gasteiger partial charge >= 0.3 is 0 Å². The van der Waals surface area contributed by atoms with Gasteiger partial charge in [0.25, 0.3) is 0 Å². The lowest BCUT2D eigenvalue weighted by atomic mass is 10.0. The van der Waals surface area contributed by atoms with Gasteiger partial charge < -0.3 is 10.1 Å². The van der Waals surface area contributed by atoms with E-state index in [1.165, 1.54) is 24.0 Å². The standard InChI is InChI=1S/C17H29NO/c1-6-7-14(3)12-19-15(4)17(18-5)16-10-8-13(2)9-11-16/h8-11,14-15,17-18H,6-7,12H2,1-5H3. The highest BCUT2D eigenvalue weighted by Crippen LogP contribution is 2.20. The topological polar surface area (TPSA) is 21.3 Å². The van der Waals surface area contributed by atoms with Crippen molar-refractivity contribution in [3.63, 3.8) is 0 Å². The molecule has 3 atom stereocenters. The molecule has 19 heavy (non-hydrogen) atoms. The Hall–Kier alpha value is -0.860. The molecular formula is C17H29NO. The van der Waals surface area contributed by atoms with E-state index >= 15 is 0 Å². The van der Waals surface area contributed by atoms with Gasteiger partial charge in [-0.15, -0.1) is 0 Å². The zero-order valence-corrected chi connectivity index (χ0v) is 13.1. The van der Waals surface area contributed by atoms with Crippen LogP contribution in [0.2, 0.25) is 0 Å². The van der Waals surface area contributed by atoms with Gasteiger partial charge in [-0.3, -0.25) is 0 Å². The van der Waals surface area contributed by atoms with Crippen LogP contribution < -0.4 is 5.32 Å². The van der Waals surface area contributed by atoms with Crippen molar-refractivity contribution in [2.45, 2.75) is 52.7 Å². The van der Waals surface area contributed by atoms with E-state index in [1.54, 1.807) is 0 Å². The third kappa shape index (κ3) is 5.33.